The number of H-pyrrole nitrogens is 1. The number of benzene rings is 1. The Balaban J connectivity index is 1.76. The van der Waals surface area contributed by atoms with E-state index < -0.39 is 5.97 Å². The van der Waals surface area contributed by atoms with Crippen LogP contribution in [-0.2, 0) is 16.0 Å². The second-order valence-electron chi connectivity index (χ2n) is 7.75. The zero-order valence-corrected chi connectivity index (χ0v) is 16.7. The van der Waals surface area contributed by atoms with Crippen molar-refractivity contribution in [1.29, 1.82) is 0 Å². The van der Waals surface area contributed by atoms with Gasteiger partial charge in [0.1, 0.15) is 5.75 Å². The molecular weight excluding hydrogens is 356 g/mol. The van der Waals surface area contributed by atoms with Crippen molar-refractivity contribution in [3.63, 3.8) is 0 Å². The molecule has 6 nitrogen and oxygen atoms in total. The molecule has 3 atom stereocenters. The van der Waals surface area contributed by atoms with Gasteiger partial charge >= 0.3 is 5.97 Å². The van der Waals surface area contributed by atoms with Crippen LogP contribution in [0.2, 0.25) is 0 Å². The van der Waals surface area contributed by atoms with Gasteiger partial charge in [-0.3, -0.25) is 4.90 Å². The zero-order valence-electron chi connectivity index (χ0n) is 16.7. The highest BCUT2D eigenvalue weighted by atomic mass is 16.5. The largest absolute Gasteiger partial charge is 0.515 e. The molecule has 0 aliphatic carbocycles. The van der Waals surface area contributed by atoms with Crippen LogP contribution in [0, 0.1) is 11.8 Å². The molecule has 2 N–H and O–H groups in total. The van der Waals surface area contributed by atoms with Crippen LogP contribution < -0.4 is 4.74 Å². The molecule has 150 valence electrons. The fourth-order valence-electron chi connectivity index (χ4n) is 5.17. The van der Waals surface area contributed by atoms with Crippen molar-refractivity contribution in [2.45, 2.75) is 32.2 Å². The maximum absolute atomic E-state index is 12.2. The summed E-state index contributed by atoms with van der Waals surface area (Å²) >= 11 is 0. The first-order valence-electron chi connectivity index (χ1n) is 9.96. The second-order valence-corrected chi connectivity index (χ2v) is 7.75. The number of fused-ring (bicyclic) bond motifs is 5. The van der Waals surface area contributed by atoms with Crippen LogP contribution in [0.5, 0.6) is 5.75 Å². The number of esters is 1. The van der Waals surface area contributed by atoms with Crippen LogP contribution >= 0.6 is 0 Å². The average Bonchev–Trinajstić information content (AvgIpc) is 3.12. The number of rotatable bonds is 4. The van der Waals surface area contributed by atoms with Crippen LogP contribution in [0.4, 0.5) is 0 Å². The van der Waals surface area contributed by atoms with Crippen molar-refractivity contribution in [3.05, 3.63) is 41.3 Å². The molecule has 1 aromatic carbocycles. The van der Waals surface area contributed by atoms with Gasteiger partial charge in [0.05, 0.1) is 32.1 Å². The molecule has 2 aliphatic heterocycles. The zero-order chi connectivity index (χ0) is 19.8. The summed E-state index contributed by atoms with van der Waals surface area (Å²) in [7, 11) is 3.07. The number of aliphatic hydroxyl groups is 1. The molecule has 0 radical (unpaired) electrons. The third kappa shape index (κ3) is 2.87. The minimum absolute atomic E-state index is 0.0250. The second kappa shape index (κ2) is 7.51. The minimum atomic E-state index is -0.436. The molecule has 1 aromatic heterocycles. The number of aliphatic hydroxyl groups excluding tert-OH is 1. The fourth-order valence-corrected chi connectivity index (χ4v) is 5.17. The van der Waals surface area contributed by atoms with Crippen molar-refractivity contribution < 1.29 is 19.4 Å². The predicted molar refractivity (Wildman–Crippen MR) is 107 cm³/mol. The molecule has 4 rings (SSSR count). The van der Waals surface area contributed by atoms with E-state index in [9.17, 15) is 9.90 Å². The molecule has 0 amide bonds. The third-order valence-corrected chi connectivity index (χ3v) is 6.56. The van der Waals surface area contributed by atoms with Gasteiger partial charge in [0.15, 0.2) is 0 Å². The molecule has 0 spiro atoms. The number of aromatic nitrogens is 1. The Bertz CT molecular complexity index is 917. The number of carbonyl (C=O) groups excluding carboxylic acids is 1. The predicted octanol–water partition coefficient (Wildman–Crippen LogP) is 3.74. The highest BCUT2D eigenvalue weighted by Gasteiger charge is 2.42. The summed E-state index contributed by atoms with van der Waals surface area (Å²) in [6, 6.07) is 6.28. The van der Waals surface area contributed by atoms with Crippen LogP contribution in [0.1, 0.15) is 37.1 Å². The maximum Gasteiger partial charge on any atom is 0.337 e. The molecule has 6 heteroatoms. The summed E-state index contributed by atoms with van der Waals surface area (Å²) in [4.78, 5) is 18.4. The Labute approximate surface area is 165 Å². The normalized spacial score (nSPS) is 25.2. The molecule has 3 heterocycles. The van der Waals surface area contributed by atoms with Gasteiger partial charge in [-0.1, -0.05) is 19.4 Å². The number of carbonyl (C=O) groups is 1. The Morgan fingerprint density at radius 2 is 2.21 bits per heavy atom. The Morgan fingerprint density at radius 1 is 1.39 bits per heavy atom. The lowest BCUT2D eigenvalue weighted by Crippen LogP contribution is -2.46. The first-order valence-corrected chi connectivity index (χ1v) is 9.96. The SMILES string of the molecule is CC[C@@H]1CN2CCc3c([nH]c4cccc(OC)c34)[C@@H]2C[C@@H]1/C(=C/O)C(=O)OC. The summed E-state index contributed by atoms with van der Waals surface area (Å²) in [5, 5.41) is 10.9. The van der Waals surface area contributed by atoms with Crippen molar-refractivity contribution >= 4 is 16.9 Å². The van der Waals surface area contributed by atoms with Gasteiger partial charge in [-0.15, -0.1) is 0 Å². The summed E-state index contributed by atoms with van der Waals surface area (Å²) in [6.45, 7) is 4.04. The van der Waals surface area contributed by atoms with Crippen molar-refractivity contribution in [3.8, 4) is 5.75 Å². The van der Waals surface area contributed by atoms with E-state index in [1.54, 1.807) is 7.11 Å². The van der Waals surface area contributed by atoms with E-state index in [2.05, 4.69) is 22.9 Å². The van der Waals surface area contributed by atoms with Crippen LogP contribution in [0.15, 0.2) is 30.0 Å². The number of methoxy groups -OCH3 is 2. The van der Waals surface area contributed by atoms with Gasteiger partial charge in [0.2, 0.25) is 0 Å². The number of aromatic amines is 1. The van der Waals surface area contributed by atoms with Crippen molar-refractivity contribution in [2.24, 2.45) is 11.8 Å². The number of ether oxygens (including phenoxy) is 2. The van der Waals surface area contributed by atoms with E-state index >= 15 is 0 Å². The lowest BCUT2D eigenvalue weighted by molar-refractivity contribution is -0.137. The highest BCUT2D eigenvalue weighted by molar-refractivity contribution is 5.91. The van der Waals surface area contributed by atoms with Gasteiger partial charge in [-0.2, -0.15) is 0 Å². The number of hydrogen-bond acceptors (Lipinski definition) is 5. The fraction of sp³-hybridized carbons (Fsp3) is 0.500. The van der Waals surface area contributed by atoms with Crippen LogP contribution in [-0.4, -0.2) is 48.3 Å². The molecule has 0 bridgehead atoms. The Morgan fingerprint density at radius 3 is 2.89 bits per heavy atom. The number of piperidine rings is 1. The van der Waals surface area contributed by atoms with Crippen molar-refractivity contribution in [2.75, 3.05) is 27.3 Å². The van der Waals surface area contributed by atoms with Gasteiger partial charge in [-0.05, 0) is 42.4 Å². The molecular formula is C22H28N2O4. The van der Waals surface area contributed by atoms with Gasteiger partial charge in [0.25, 0.3) is 0 Å². The first kappa shape index (κ1) is 18.9. The van der Waals surface area contributed by atoms with Crippen LogP contribution in [0.3, 0.4) is 0 Å². The first-order chi connectivity index (χ1) is 13.6. The molecule has 2 aromatic rings. The van der Waals surface area contributed by atoms with Gasteiger partial charge < -0.3 is 19.6 Å². The number of nitrogens with one attached hydrogen (secondary N) is 1. The molecule has 1 saturated heterocycles. The maximum atomic E-state index is 12.2. The van der Waals surface area contributed by atoms with Gasteiger partial charge in [0, 0.05) is 29.7 Å². The number of nitrogens with zero attached hydrogens (tertiary/aromatic N) is 1. The smallest absolute Gasteiger partial charge is 0.337 e. The Kier molecular flexibility index (Phi) is 5.06. The summed E-state index contributed by atoms with van der Waals surface area (Å²) in [5.41, 5.74) is 4.00. The van der Waals surface area contributed by atoms with E-state index in [0.29, 0.717) is 11.5 Å². The number of hydrogen-bond donors (Lipinski definition) is 2. The summed E-state index contributed by atoms with van der Waals surface area (Å²) < 4.78 is 10.5. The average molecular weight is 384 g/mol. The molecule has 1 fully saturated rings. The van der Waals surface area contributed by atoms with E-state index in [1.807, 2.05) is 12.1 Å². The highest BCUT2D eigenvalue weighted by Crippen LogP contribution is 2.46. The molecule has 2 aliphatic rings. The molecule has 28 heavy (non-hydrogen) atoms. The lowest BCUT2D eigenvalue weighted by atomic mass is 9.74. The molecule has 0 saturated carbocycles. The Hall–Kier alpha value is -2.47. The monoisotopic (exact) mass is 384 g/mol. The molecule has 0 unspecified atom stereocenters. The third-order valence-electron chi connectivity index (χ3n) is 6.56. The summed E-state index contributed by atoms with van der Waals surface area (Å²) in [6.07, 6.45) is 3.66. The van der Waals surface area contributed by atoms with E-state index in [1.165, 1.54) is 23.8 Å². The quantitative estimate of drug-likeness (QED) is 0.477. The van der Waals surface area contributed by atoms with Crippen molar-refractivity contribution in [1.82, 2.24) is 9.88 Å². The van der Waals surface area contributed by atoms with E-state index in [-0.39, 0.29) is 12.0 Å². The lowest BCUT2D eigenvalue weighted by Gasteiger charge is -2.46. The van der Waals surface area contributed by atoms with E-state index in [4.69, 9.17) is 9.47 Å². The van der Waals surface area contributed by atoms with Crippen LogP contribution in [0.25, 0.3) is 10.9 Å². The minimum Gasteiger partial charge on any atom is -0.515 e. The van der Waals surface area contributed by atoms with Gasteiger partial charge in [-0.25, -0.2) is 4.79 Å². The standard InChI is InChI=1S/C22H28N2O4/c1-4-13-11-24-9-8-14-20-17(6-5-7-19(20)27-2)23-21(14)18(24)10-15(13)16(12-25)22(26)28-3/h5-7,12-13,15,18,23,25H,4,8-11H2,1-3H3/b16-12-/t13-,15+,18+/m1/s1. The topological polar surface area (TPSA) is 74.8 Å². The van der Waals surface area contributed by atoms with E-state index in [0.717, 1.165) is 49.9 Å². The summed E-state index contributed by atoms with van der Waals surface area (Å²) in [5.74, 6) is 0.749.